The topological polar surface area (TPSA) is 86.9 Å². The van der Waals surface area contributed by atoms with Crippen LogP contribution in [0.15, 0.2) is 48.7 Å². The predicted octanol–water partition coefficient (Wildman–Crippen LogP) is 2.18. The molecule has 0 bridgehead atoms. The number of hydrogen-bond acceptors (Lipinski definition) is 3. The van der Waals surface area contributed by atoms with E-state index in [1.54, 1.807) is 42.6 Å². The second kappa shape index (κ2) is 6.67. The highest BCUT2D eigenvalue weighted by atomic mass is 16.2. The Balaban J connectivity index is 1.89. The number of fused-ring (bicyclic) bond motifs is 1. The van der Waals surface area contributed by atoms with Crippen molar-refractivity contribution >= 4 is 28.4 Å². The van der Waals surface area contributed by atoms with Crippen LogP contribution in [0.1, 0.15) is 20.7 Å². The monoisotopic (exact) mass is 318 g/mol. The number of aromatic nitrogens is 2. The van der Waals surface area contributed by atoms with E-state index in [0.29, 0.717) is 22.3 Å². The van der Waals surface area contributed by atoms with Gasteiger partial charge in [0.05, 0.1) is 35.1 Å². The molecule has 6 heteroatoms. The molecule has 3 rings (SSSR count). The van der Waals surface area contributed by atoms with Crippen molar-refractivity contribution in [3.8, 4) is 12.3 Å². The smallest absolute Gasteiger partial charge is 0.257 e. The van der Waals surface area contributed by atoms with E-state index in [1.807, 2.05) is 6.07 Å². The van der Waals surface area contributed by atoms with Gasteiger partial charge in [-0.1, -0.05) is 30.2 Å². The summed E-state index contributed by atoms with van der Waals surface area (Å²) in [5, 5.41) is 12.9. The minimum absolute atomic E-state index is 0.120. The minimum Gasteiger partial charge on any atom is -0.341 e. The molecular weight excluding hydrogens is 304 g/mol. The highest BCUT2D eigenvalue weighted by molar-refractivity contribution is 6.14. The predicted molar refractivity (Wildman–Crippen MR) is 91.7 cm³/mol. The number of carbonyl (C=O) groups excluding carboxylic acids is 2. The van der Waals surface area contributed by atoms with Gasteiger partial charge in [-0.25, -0.2) is 0 Å². The molecule has 0 atom stereocenters. The minimum atomic E-state index is -0.344. The lowest BCUT2D eigenvalue weighted by Gasteiger charge is -2.11. The lowest BCUT2D eigenvalue weighted by Crippen LogP contribution is -2.25. The van der Waals surface area contributed by atoms with E-state index in [-0.39, 0.29) is 18.4 Å². The summed E-state index contributed by atoms with van der Waals surface area (Å²) in [6.45, 7) is 0.120. The molecule has 0 unspecified atom stereocenters. The van der Waals surface area contributed by atoms with Gasteiger partial charge in [-0.15, -0.1) is 6.42 Å². The first kappa shape index (κ1) is 15.3. The van der Waals surface area contributed by atoms with Crippen LogP contribution >= 0.6 is 0 Å². The van der Waals surface area contributed by atoms with Crippen LogP contribution in [-0.4, -0.2) is 28.6 Å². The van der Waals surface area contributed by atoms with E-state index in [9.17, 15) is 9.59 Å². The Bertz CT molecular complexity index is 953. The molecule has 3 N–H and O–H groups in total. The number of terminal acetylenes is 1. The first-order valence-electron chi connectivity index (χ1n) is 7.25. The van der Waals surface area contributed by atoms with E-state index < -0.39 is 0 Å². The van der Waals surface area contributed by atoms with Crippen LogP contribution in [0.3, 0.4) is 0 Å². The van der Waals surface area contributed by atoms with Gasteiger partial charge in [-0.05, 0) is 18.2 Å². The summed E-state index contributed by atoms with van der Waals surface area (Å²) in [5.74, 6) is 1.67. The lowest BCUT2D eigenvalue weighted by atomic mass is 10.1. The van der Waals surface area contributed by atoms with E-state index >= 15 is 0 Å². The third kappa shape index (κ3) is 2.96. The zero-order valence-corrected chi connectivity index (χ0v) is 12.7. The third-order valence-corrected chi connectivity index (χ3v) is 3.49. The number of nitrogens with zero attached hydrogens (tertiary/aromatic N) is 1. The Hall–Kier alpha value is -3.59. The summed E-state index contributed by atoms with van der Waals surface area (Å²) in [7, 11) is 0. The molecule has 0 aliphatic carbocycles. The van der Waals surface area contributed by atoms with Crippen molar-refractivity contribution in [2.24, 2.45) is 0 Å². The van der Waals surface area contributed by atoms with E-state index in [1.165, 1.54) is 0 Å². The number of aromatic amines is 1. The molecule has 0 aliphatic rings. The van der Waals surface area contributed by atoms with Crippen molar-refractivity contribution in [2.45, 2.75) is 0 Å². The second-order valence-electron chi connectivity index (χ2n) is 5.03. The molecule has 24 heavy (non-hydrogen) atoms. The van der Waals surface area contributed by atoms with Crippen LogP contribution in [0, 0.1) is 12.3 Å². The highest BCUT2D eigenvalue weighted by Crippen LogP contribution is 2.20. The van der Waals surface area contributed by atoms with Crippen molar-refractivity contribution < 1.29 is 9.59 Å². The Morgan fingerprint density at radius 2 is 1.88 bits per heavy atom. The van der Waals surface area contributed by atoms with Gasteiger partial charge in [0.2, 0.25) is 0 Å². The number of benzene rings is 2. The molecular formula is C18H14N4O2. The molecule has 0 radical (unpaired) electrons. The maximum atomic E-state index is 12.6. The molecule has 2 aromatic carbocycles. The van der Waals surface area contributed by atoms with E-state index in [4.69, 9.17) is 6.42 Å². The van der Waals surface area contributed by atoms with Crippen molar-refractivity contribution in [1.29, 1.82) is 0 Å². The fraction of sp³-hybridized carbons (Fsp3) is 0.0556. The van der Waals surface area contributed by atoms with Crippen molar-refractivity contribution in [1.82, 2.24) is 15.5 Å². The Labute approximate surface area is 138 Å². The molecule has 1 aromatic heterocycles. The zero-order chi connectivity index (χ0) is 16.9. The summed E-state index contributed by atoms with van der Waals surface area (Å²) >= 11 is 0. The van der Waals surface area contributed by atoms with Crippen LogP contribution in [0.5, 0.6) is 0 Å². The SMILES string of the molecule is C#CCNC(=O)c1ccccc1NC(=O)c1cccc2cn[nH]c12. The number of hydrogen-bond donors (Lipinski definition) is 3. The molecule has 2 amide bonds. The number of para-hydroxylation sites is 2. The van der Waals surface area contributed by atoms with Gasteiger partial charge in [0.25, 0.3) is 11.8 Å². The van der Waals surface area contributed by atoms with Crippen LogP contribution in [0.4, 0.5) is 5.69 Å². The Kier molecular flexibility index (Phi) is 4.25. The number of carbonyl (C=O) groups is 2. The molecule has 0 saturated heterocycles. The third-order valence-electron chi connectivity index (χ3n) is 3.49. The second-order valence-corrected chi connectivity index (χ2v) is 5.03. The molecule has 0 spiro atoms. The van der Waals surface area contributed by atoms with Gasteiger partial charge < -0.3 is 10.6 Å². The molecule has 0 aliphatic heterocycles. The average Bonchev–Trinajstić information content (AvgIpc) is 3.08. The molecule has 1 heterocycles. The Morgan fingerprint density at radius 1 is 1.08 bits per heavy atom. The van der Waals surface area contributed by atoms with Gasteiger partial charge in [0.15, 0.2) is 0 Å². The van der Waals surface area contributed by atoms with Crippen LogP contribution in [0.2, 0.25) is 0 Å². The Morgan fingerprint density at radius 3 is 2.71 bits per heavy atom. The summed E-state index contributed by atoms with van der Waals surface area (Å²) in [6, 6.07) is 12.1. The number of H-pyrrole nitrogens is 1. The summed E-state index contributed by atoms with van der Waals surface area (Å²) < 4.78 is 0. The normalized spacial score (nSPS) is 10.1. The molecule has 0 fully saturated rings. The number of nitrogens with one attached hydrogen (secondary N) is 3. The van der Waals surface area contributed by atoms with Gasteiger partial charge in [-0.3, -0.25) is 14.7 Å². The average molecular weight is 318 g/mol. The van der Waals surface area contributed by atoms with Crippen LogP contribution in [-0.2, 0) is 0 Å². The molecule has 118 valence electrons. The first-order chi connectivity index (χ1) is 11.7. The first-order valence-corrected chi connectivity index (χ1v) is 7.25. The van der Waals surface area contributed by atoms with Crippen molar-refractivity contribution in [3.05, 3.63) is 59.8 Å². The van der Waals surface area contributed by atoms with Gasteiger partial charge >= 0.3 is 0 Å². The van der Waals surface area contributed by atoms with E-state index in [2.05, 4.69) is 26.8 Å². The standard InChI is InChI=1S/C18H14N4O2/c1-2-10-19-17(23)13-7-3-4-9-15(13)21-18(24)14-8-5-6-12-11-20-22-16(12)14/h1,3-9,11H,10H2,(H,19,23)(H,20,22)(H,21,24). The fourth-order valence-electron chi connectivity index (χ4n) is 2.36. The van der Waals surface area contributed by atoms with Crippen LogP contribution in [0.25, 0.3) is 10.9 Å². The molecule has 6 nitrogen and oxygen atoms in total. The quantitative estimate of drug-likeness (QED) is 0.644. The largest absolute Gasteiger partial charge is 0.341 e. The van der Waals surface area contributed by atoms with Gasteiger partial charge in [0.1, 0.15) is 0 Å². The molecule has 3 aromatic rings. The maximum Gasteiger partial charge on any atom is 0.257 e. The summed E-state index contributed by atoms with van der Waals surface area (Å²) in [4.78, 5) is 24.7. The highest BCUT2D eigenvalue weighted by Gasteiger charge is 2.15. The van der Waals surface area contributed by atoms with Gasteiger partial charge in [0, 0.05) is 5.39 Å². The lowest BCUT2D eigenvalue weighted by molar-refractivity contribution is 0.0959. The fourth-order valence-corrected chi connectivity index (χ4v) is 2.36. The summed E-state index contributed by atoms with van der Waals surface area (Å²) in [6.07, 6.45) is 6.79. The number of amides is 2. The number of anilines is 1. The summed E-state index contributed by atoms with van der Waals surface area (Å²) in [5.41, 5.74) is 1.85. The van der Waals surface area contributed by atoms with Gasteiger partial charge in [-0.2, -0.15) is 5.10 Å². The number of rotatable bonds is 4. The van der Waals surface area contributed by atoms with Crippen molar-refractivity contribution in [3.63, 3.8) is 0 Å². The maximum absolute atomic E-state index is 12.6. The zero-order valence-electron chi connectivity index (χ0n) is 12.7. The van der Waals surface area contributed by atoms with Crippen LogP contribution < -0.4 is 10.6 Å². The van der Waals surface area contributed by atoms with E-state index in [0.717, 1.165) is 5.39 Å². The van der Waals surface area contributed by atoms with Crippen molar-refractivity contribution in [2.75, 3.05) is 11.9 Å². The molecule has 0 saturated carbocycles.